The Kier molecular flexibility index (Phi) is 7.83. The summed E-state index contributed by atoms with van der Waals surface area (Å²) in [6.07, 6.45) is 9.03. The maximum Gasteiger partial charge on any atom is 0.287 e. The summed E-state index contributed by atoms with van der Waals surface area (Å²) in [4.78, 5) is 0. The van der Waals surface area contributed by atoms with Crippen molar-refractivity contribution in [3.05, 3.63) is 70.5 Å². The van der Waals surface area contributed by atoms with Crippen LogP contribution in [-0.2, 0) is 0 Å². The van der Waals surface area contributed by atoms with Crippen LogP contribution < -0.4 is 9.36 Å². The highest BCUT2D eigenvalue weighted by Gasteiger charge is 2.38. The van der Waals surface area contributed by atoms with Gasteiger partial charge in [-0.1, -0.05) is 111 Å². The fourth-order valence-corrected chi connectivity index (χ4v) is 5.92. The van der Waals surface area contributed by atoms with E-state index >= 15 is 0 Å². The summed E-state index contributed by atoms with van der Waals surface area (Å²) < 4.78 is 4.83. The Labute approximate surface area is 213 Å². The molecule has 0 radical (unpaired) electrons. The largest absolute Gasteiger partial charge is 0.287 e. The molecule has 0 amide bonds. The van der Waals surface area contributed by atoms with E-state index in [0.29, 0.717) is 29.6 Å². The van der Waals surface area contributed by atoms with Crippen LogP contribution in [0.4, 0.5) is 0 Å². The molecule has 4 rings (SSSR count). The zero-order chi connectivity index (χ0) is 25.3. The molecule has 1 aliphatic rings. The van der Waals surface area contributed by atoms with Crippen molar-refractivity contribution in [2.75, 3.05) is 0 Å². The van der Waals surface area contributed by atoms with E-state index in [0.717, 1.165) is 0 Å². The van der Waals surface area contributed by atoms with Gasteiger partial charge in [0.2, 0.25) is 11.4 Å². The van der Waals surface area contributed by atoms with E-state index in [2.05, 4.69) is 113 Å². The van der Waals surface area contributed by atoms with E-state index in [1.54, 1.807) is 0 Å². The summed E-state index contributed by atoms with van der Waals surface area (Å²) in [6, 6.07) is 13.8. The van der Waals surface area contributed by atoms with E-state index in [9.17, 15) is 0 Å². The molecular weight excluding hydrogens is 426 g/mol. The normalized spacial score (nSPS) is 15.2. The molecular formula is C32H47N3+2. The molecule has 0 unspecified atom stereocenters. The lowest BCUT2D eigenvalue weighted by Gasteiger charge is -2.18. The first-order valence-electron chi connectivity index (χ1n) is 14.0. The van der Waals surface area contributed by atoms with Crippen LogP contribution in [0.25, 0.3) is 11.4 Å². The minimum Gasteiger partial charge on any atom is -0.0612 e. The second kappa shape index (κ2) is 10.7. The number of aromatic nitrogens is 3. The highest BCUT2D eigenvalue weighted by Crippen LogP contribution is 2.34. The monoisotopic (exact) mass is 473 g/mol. The molecule has 1 saturated carbocycles. The van der Waals surface area contributed by atoms with Crippen LogP contribution in [0.2, 0.25) is 0 Å². The number of rotatable bonds is 7. The van der Waals surface area contributed by atoms with E-state index in [1.807, 2.05) is 0 Å². The predicted octanol–water partition coefficient (Wildman–Crippen LogP) is 8.11. The number of H-pyrrole nitrogens is 1. The number of benzene rings is 2. The van der Waals surface area contributed by atoms with Crippen LogP contribution in [0.1, 0.15) is 145 Å². The second-order valence-electron chi connectivity index (χ2n) is 11.9. The van der Waals surface area contributed by atoms with E-state index in [4.69, 9.17) is 0 Å². The van der Waals surface area contributed by atoms with Crippen LogP contribution >= 0.6 is 0 Å². The van der Waals surface area contributed by atoms with Crippen LogP contribution in [-0.4, -0.2) is 5.21 Å². The summed E-state index contributed by atoms with van der Waals surface area (Å²) in [5, 5.41) is 3.93. The third kappa shape index (κ3) is 5.10. The van der Waals surface area contributed by atoms with Crippen molar-refractivity contribution in [3.63, 3.8) is 0 Å². The summed E-state index contributed by atoms with van der Waals surface area (Å²) in [5.74, 6) is 2.43. The summed E-state index contributed by atoms with van der Waals surface area (Å²) in [5.41, 5.74) is 9.80. The first kappa shape index (κ1) is 25.7. The lowest BCUT2D eigenvalue weighted by atomic mass is 9.86. The van der Waals surface area contributed by atoms with E-state index in [1.165, 1.54) is 71.4 Å². The first-order chi connectivity index (χ1) is 16.7. The summed E-state index contributed by atoms with van der Waals surface area (Å²) in [7, 11) is 0. The number of para-hydroxylation sites is 2. The molecule has 1 fully saturated rings. The van der Waals surface area contributed by atoms with Crippen molar-refractivity contribution in [2.45, 2.75) is 117 Å². The van der Waals surface area contributed by atoms with Gasteiger partial charge in [0.05, 0.1) is 5.92 Å². The Hall–Kier alpha value is -2.42. The quantitative estimate of drug-likeness (QED) is 0.335. The zero-order valence-electron chi connectivity index (χ0n) is 23.4. The number of nitrogens with one attached hydrogen (secondary N) is 1. The SMILES string of the molecule is CC(C)c1cccc(C(C)C)c1-[n+]1cc(C2CCCCC2)[n+](-c2c(C(C)C)cccc2C(C)C)[nH]1. The molecule has 1 heterocycles. The Bertz CT molecular complexity index is 1090. The number of hydrogen-bond acceptors (Lipinski definition) is 0. The number of aromatic amines is 1. The predicted molar refractivity (Wildman–Crippen MR) is 146 cm³/mol. The maximum atomic E-state index is 3.93. The topological polar surface area (TPSA) is 23.5 Å². The molecule has 1 aliphatic carbocycles. The molecule has 3 nitrogen and oxygen atoms in total. The van der Waals surface area contributed by atoms with Crippen LogP contribution in [0.15, 0.2) is 42.6 Å². The van der Waals surface area contributed by atoms with Gasteiger partial charge in [-0.3, -0.25) is 0 Å². The Morgan fingerprint density at radius 2 is 1.06 bits per heavy atom. The lowest BCUT2D eigenvalue weighted by Crippen LogP contribution is -2.47. The van der Waals surface area contributed by atoms with Crippen molar-refractivity contribution in [3.8, 4) is 11.4 Å². The molecule has 35 heavy (non-hydrogen) atoms. The fraction of sp³-hybridized carbons (Fsp3) is 0.562. The van der Waals surface area contributed by atoms with Crippen molar-refractivity contribution < 1.29 is 9.36 Å². The van der Waals surface area contributed by atoms with Gasteiger partial charge >= 0.3 is 0 Å². The Morgan fingerprint density at radius 3 is 1.49 bits per heavy atom. The van der Waals surface area contributed by atoms with Gasteiger partial charge in [0, 0.05) is 27.5 Å². The molecule has 2 aromatic carbocycles. The van der Waals surface area contributed by atoms with Crippen LogP contribution in [0, 0.1) is 0 Å². The fourth-order valence-electron chi connectivity index (χ4n) is 5.92. The van der Waals surface area contributed by atoms with Gasteiger partial charge in [-0.05, 0) is 45.9 Å². The number of hydrogen-bond donors (Lipinski definition) is 1. The molecule has 188 valence electrons. The maximum absolute atomic E-state index is 3.93. The van der Waals surface area contributed by atoms with Gasteiger partial charge in [0.25, 0.3) is 11.9 Å². The van der Waals surface area contributed by atoms with Crippen molar-refractivity contribution in [2.24, 2.45) is 0 Å². The standard InChI is InChI=1S/C32H46N3/c1-21(2)26-16-12-17-27(22(3)4)31(26)34-20-30(25-14-10-9-11-15-25)35(33-34)32-28(23(5)6)18-13-19-29(32)24(7)8/h12-13,16-25H,9-11,14-15H2,1-8H3/q+1/p+1. The lowest BCUT2D eigenvalue weighted by molar-refractivity contribution is -0.808. The average Bonchev–Trinajstić information content (AvgIpc) is 3.28. The van der Waals surface area contributed by atoms with Crippen LogP contribution in [0.3, 0.4) is 0 Å². The zero-order valence-corrected chi connectivity index (χ0v) is 23.4. The van der Waals surface area contributed by atoms with Gasteiger partial charge in [-0.25, -0.2) is 0 Å². The number of nitrogens with zero attached hydrogens (tertiary/aromatic N) is 2. The van der Waals surface area contributed by atoms with Gasteiger partial charge in [0.15, 0.2) is 0 Å². The molecule has 0 atom stereocenters. The van der Waals surface area contributed by atoms with E-state index in [-0.39, 0.29) is 0 Å². The molecule has 0 aliphatic heterocycles. The molecule has 3 heteroatoms. The highest BCUT2D eigenvalue weighted by molar-refractivity contribution is 5.46. The van der Waals surface area contributed by atoms with Crippen molar-refractivity contribution >= 4 is 0 Å². The van der Waals surface area contributed by atoms with Crippen LogP contribution in [0.5, 0.6) is 0 Å². The van der Waals surface area contributed by atoms with Crippen molar-refractivity contribution in [1.82, 2.24) is 5.21 Å². The molecule has 0 bridgehead atoms. The highest BCUT2D eigenvalue weighted by atomic mass is 15.5. The summed E-state index contributed by atoms with van der Waals surface area (Å²) in [6.45, 7) is 18.6. The van der Waals surface area contributed by atoms with Crippen molar-refractivity contribution in [1.29, 1.82) is 0 Å². The van der Waals surface area contributed by atoms with Gasteiger partial charge in [-0.15, -0.1) is 0 Å². The molecule has 3 aromatic rings. The van der Waals surface area contributed by atoms with Gasteiger partial charge in [-0.2, -0.15) is 0 Å². The smallest absolute Gasteiger partial charge is 0.0612 e. The molecule has 1 N–H and O–H groups in total. The Balaban J connectivity index is 2.04. The van der Waals surface area contributed by atoms with Gasteiger partial charge in [0.1, 0.15) is 0 Å². The average molecular weight is 474 g/mol. The first-order valence-corrected chi connectivity index (χ1v) is 14.0. The molecule has 0 spiro atoms. The third-order valence-corrected chi connectivity index (χ3v) is 7.90. The molecule has 0 saturated heterocycles. The van der Waals surface area contributed by atoms with Gasteiger partial charge < -0.3 is 0 Å². The minimum absolute atomic E-state index is 0.459. The molecule has 1 aromatic heterocycles. The summed E-state index contributed by atoms with van der Waals surface area (Å²) >= 11 is 0. The minimum atomic E-state index is 0.459. The second-order valence-corrected chi connectivity index (χ2v) is 11.9. The Morgan fingerprint density at radius 1 is 0.629 bits per heavy atom. The van der Waals surface area contributed by atoms with E-state index < -0.39 is 0 Å². The third-order valence-electron chi connectivity index (χ3n) is 7.90.